The smallest absolute Gasteiger partial charge is 0.160 e. The number of nitrogens with zero attached hydrogens (tertiary/aromatic N) is 6. The summed E-state index contributed by atoms with van der Waals surface area (Å²) in [6.07, 6.45) is 3.27. The van der Waals surface area contributed by atoms with Gasteiger partial charge in [-0.1, -0.05) is 170 Å². The van der Waals surface area contributed by atoms with Gasteiger partial charge in [0.25, 0.3) is 0 Å². The zero-order chi connectivity index (χ0) is 48.0. The standard InChI is InChI=1S/C66H42N6S/c1-4-21-42(22-5-1)56-60-66(71(47-25-8-3-9-26-47)61(56)43-23-6-2-7-24-43)69-59(46-39-44(53-31-16-18-36-67-53)38-45(40-46)54-32-17-19-37-68-54)65(70-60)72-55-33-15-14-30-51(55)57-49-28-12-13-29-50(49)58-52-35-34-41-20-10-11-27-48(41)63(52)73-64(58)62(57)72/h1-40,60,66H. The van der Waals surface area contributed by atoms with E-state index in [-0.39, 0.29) is 0 Å². The van der Waals surface area contributed by atoms with Gasteiger partial charge >= 0.3 is 0 Å². The fourth-order valence-electron chi connectivity index (χ4n) is 11.6. The summed E-state index contributed by atoms with van der Waals surface area (Å²) in [6, 6.07) is 82.0. The van der Waals surface area contributed by atoms with E-state index in [1.165, 1.54) is 52.5 Å². The molecule has 0 radical (unpaired) electrons. The zero-order valence-electron chi connectivity index (χ0n) is 39.3. The topological polar surface area (TPSA) is 58.7 Å². The van der Waals surface area contributed by atoms with Crippen molar-refractivity contribution in [3.05, 3.63) is 260 Å². The molecule has 13 aromatic rings. The monoisotopic (exact) mass is 950 g/mol. The van der Waals surface area contributed by atoms with Crippen LogP contribution in [0.1, 0.15) is 16.7 Å². The minimum absolute atomic E-state index is 0.413. The van der Waals surface area contributed by atoms with Gasteiger partial charge in [0.15, 0.2) is 12.0 Å². The molecule has 0 saturated heterocycles. The molecule has 342 valence electrons. The summed E-state index contributed by atoms with van der Waals surface area (Å²) in [7, 11) is 0. The molecule has 4 aromatic heterocycles. The Morgan fingerprint density at radius 3 is 1.67 bits per heavy atom. The summed E-state index contributed by atoms with van der Waals surface area (Å²) in [5.74, 6) is 0.784. The molecule has 6 heterocycles. The molecule has 0 aliphatic carbocycles. The molecule has 15 rings (SSSR count). The highest BCUT2D eigenvalue weighted by Crippen LogP contribution is 2.51. The summed E-state index contributed by atoms with van der Waals surface area (Å²) in [5.41, 5.74) is 13.0. The maximum absolute atomic E-state index is 6.27. The van der Waals surface area contributed by atoms with Crippen LogP contribution in [-0.2, 0) is 0 Å². The van der Waals surface area contributed by atoms with Gasteiger partial charge in [-0.25, -0.2) is 0 Å². The largest absolute Gasteiger partial charge is 0.316 e. The lowest BCUT2D eigenvalue weighted by Crippen LogP contribution is -2.42. The minimum atomic E-state index is -0.451. The number of hydrogen-bond donors (Lipinski definition) is 0. The Labute approximate surface area is 424 Å². The lowest BCUT2D eigenvalue weighted by Gasteiger charge is -2.33. The van der Waals surface area contributed by atoms with E-state index in [4.69, 9.17) is 20.0 Å². The van der Waals surface area contributed by atoms with Crippen LogP contribution in [-0.4, -0.2) is 38.3 Å². The van der Waals surface area contributed by atoms with Crippen molar-refractivity contribution in [1.29, 1.82) is 0 Å². The lowest BCUT2D eigenvalue weighted by molar-refractivity contribution is 0.644. The van der Waals surface area contributed by atoms with Crippen LogP contribution in [0.3, 0.4) is 0 Å². The Bertz CT molecular complexity index is 4370. The third kappa shape index (κ3) is 6.49. The molecule has 0 N–H and O–H groups in total. The van der Waals surface area contributed by atoms with Crippen LogP contribution in [0.2, 0.25) is 0 Å². The van der Waals surface area contributed by atoms with Crippen molar-refractivity contribution < 1.29 is 0 Å². The molecule has 2 atom stereocenters. The molecule has 0 bridgehead atoms. The summed E-state index contributed by atoms with van der Waals surface area (Å²) >= 11 is 1.89. The van der Waals surface area contributed by atoms with Gasteiger partial charge in [0, 0.05) is 66.6 Å². The molecular formula is C66H42N6S. The van der Waals surface area contributed by atoms with Crippen molar-refractivity contribution in [2.45, 2.75) is 12.2 Å². The number of rotatable bonds is 6. The quantitative estimate of drug-likeness (QED) is 0.167. The molecule has 0 saturated carbocycles. The second-order valence-electron chi connectivity index (χ2n) is 18.8. The van der Waals surface area contributed by atoms with Crippen LogP contribution in [0.4, 0.5) is 5.69 Å². The van der Waals surface area contributed by atoms with E-state index in [2.05, 4.69) is 216 Å². The first-order chi connectivity index (χ1) is 36.2. The number of aliphatic imine (C=N–C) groups is 2. The molecule has 7 heteroatoms. The van der Waals surface area contributed by atoms with Gasteiger partial charge in [-0.3, -0.25) is 24.5 Å². The maximum Gasteiger partial charge on any atom is 0.160 e. The van der Waals surface area contributed by atoms with E-state index in [0.29, 0.717) is 0 Å². The van der Waals surface area contributed by atoms with E-state index in [0.717, 1.165) is 78.7 Å². The minimum Gasteiger partial charge on any atom is -0.316 e. The first kappa shape index (κ1) is 41.5. The van der Waals surface area contributed by atoms with Crippen molar-refractivity contribution in [3.8, 4) is 22.5 Å². The van der Waals surface area contributed by atoms with Crippen LogP contribution in [0.25, 0.3) is 97.3 Å². The highest BCUT2D eigenvalue weighted by atomic mass is 32.1. The van der Waals surface area contributed by atoms with Crippen LogP contribution >= 0.6 is 11.3 Å². The van der Waals surface area contributed by atoms with E-state index in [9.17, 15) is 0 Å². The Morgan fingerprint density at radius 2 is 0.986 bits per heavy atom. The second kappa shape index (κ2) is 16.7. The van der Waals surface area contributed by atoms with E-state index in [1.807, 2.05) is 48.0 Å². The third-order valence-electron chi connectivity index (χ3n) is 14.7. The summed E-state index contributed by atoms with van der Waals surface area (Å²) < 4.78 is 4.97. The normalized spacial score (nSPS) is 15.8. The number of pyridine rings is 2. The number of benzene rings is 9. The predicted molar refractivity (Wildman–Crippen MR) is 306 cm³/mol. The van der Waals surface area contributed by atoms with E-state index < -0.39 is 12.2 Å². The molecule has 9 aromatic carbocycles. The number of anilines is 1. The van der Waals surface area contributed by atoms with Crippen molar-refractivity contribution in [2.75, 3.05) is 4.90 Å². The number of thiophene rings is 1. The van der Waals surface area contributed by atoms with Crippen molar-refractivity contribution in [2.24, 2.45) is 9.98 Å². The molecule has 2 aliphatic heterocycles. The maximum atomic E-state index is 6.27. The molecule has 0 fully saturated rings. The summed E-state index contributed by atoms with van der Waals surface area (Å²) in [4.78, 5) is 24.7. The van der Waals surface area contributed by atoms with Crippen LogP contribution < -0.4 is 4.90 Å². The zero-order valence-corrected chi connectivity index (χ0v) is 40.2. The lowest BCUT2D eigenvalue weighted by atomic mass is 9.93. The predicted octanol–water partition coefficient (Wildman–Crippen LogP) is 16.1. The number of hydrogen-bond acceptors (Lipinski definition) is 6. The highest BCUT2D eigenvalue weighted by molar-refractivity contribution is 7.27. The number of aromatic nitrogens is 3. The van der Waals surface area contributed by atoms with Gasteiger partial charge in [0.1, 0.15) is 11.8 Å². The second-order valence-corrected chi connectivity index (χ2v) is 19.8. The fraction of sp³-hybridized carbons (Fsp3) is 0.0303. The summed E-state index contributed by atoms with van der Waals surface area (Å²) in [5, 5.41) is 9.83. The number of fused-ring (bicyclic) bond motifs is 13. The fourth-order valence-corrected chi connectivity index (χ4v) is 13.0. The van der Waals surface area contributed by atoms with Crippen LogP contribution in [0, 0.1) is 0 Å². The van der Waals surface area contributed by atoms with Gasteiger partial charge in [-0.15, -0.1) is 11.3 Å². The van der Waals surface area contributed by atoms with Gasteiger partial charge in [-0.2, -0.15) is 0 Å². The average molecular weight is 951 g/mol. The molecule has 2 aliphatic rings. The van der Waals surface area contributed by atoms with Gasteiger partial charge in [-0.05, 0) is 93.3 Å². The van der Waals surface area contributed by atoms with Crippen molar-refractivity contribution in [3.63, 3.8) is 0 Å². The molecule has 0 amide bonds. The first-order valence-electron chi connectivity index (χ1n) is 24.8. The Morgan fingerprint density at radius 1 is 0.411 bits per heavy atom. The summed E-state index contributed by atoms with van der Waals surface area (Å²) in [6.45, 7) is 0. The molecule has 0 spiro atoms. The van der Waals surface area contributed by atoms with Crippen LogP contribution in [0.5, 0.6) is 0 Å². The van der Waals surface area contributed by atoms with Crippen molar-refractivity contribution >= 4 is 103 Å². The van der Waals surface area contributed by atoms with Crippen LogP contribution in [0.15, 0.2) is 253 Å². The molecule has 73 heavy (non-hydrogen) atoms. The Kier molecular flexibility index (Phi) is 9.47. The third-order valence-corrected chi connectivity index (χ3v) is 16.0. The van der Waals surface area contributed by atoms with E-state index >= 15 is 0 Å². The van der Waals surface area contributed by atoms with Crippen molar-refractivity contribution in [1.82, 2.24) is 14.5 Å². The molecule has 2 unspecified atom stereocenters. The van der Waals surface area contributed by atoms with Gasteiger partial charge in [0.2, 0.25) is 0 Å². The Hall–Kier alpha value is -9.30. The first-order valence-corrected chi connectivity index (χ1v) is 25.6. The average Bonchev–Trinajstić information content (AvgIpc) is 4.15. The SMILES string of the molecule is c1ccc(C2=C(c3ccccc3)N(c3ccccc3)C3N=C(c4cc(-c5ccccn5)cc(-c5ccccn5)c4)C(n4c5ccccc5c5c6ccccc6c6c7ccc8ccccc8c7sc6c54)=NC23)cc1. The highest BCUT2D eigenvalue weighted by Gasteiger charge is 2.46. The van der Waals surface area contributed by atoms with Gasteiger partial charge < -0.3 is 4.90 Å². The molecular weight excluding hydrogens is 909 g/mol. The molecule has 6 nitrogen and oxygen atoms in total. The van der Waals surface area contributed by atoms with Gasteiger partial charge in [0.05, 0.1) is 32.8 Å². The number of para-hydroxylation sites is 2. The Balaban J connectivity index is 1.11. The van der Waals surface area contributed by atoms with E-state index in [1.54, 1.807) is 0 Å².